The molecule has 0 saturated heterocycles. The van der Waals surface area contributed by atoms with Crippen molar-refractivity contribution in [1.29, 1.82) is 0 Å². The first-order valence-corrected chi connectivity index (χ1v) is 26.0. The molecule has 2 aliphatic rings. The number of hydrogen-bond acceptors (Lipinski definition) is 0. The van der Waals surface area contributed by atoms with Crippen molar-refractivity contribution in [2.24, 2.45) is 0 Å². The van der Waals surface area contributed by atoms with Gasteiger partial charge in [0.2, 0.25) is 0 Å². The topological polar surface area (TPSA) is 0 Å². The molecule has 0 spiro atoms. The predicted octanol–water partition coefficient (Wildman–Crippen LogP) is 12.3. The van der Waals surface area contributed by atoms with E-state index in [1.165, 1.54) is 24.0 Å². The average Bonchev–Trinajstić information content (AvgIpc) is 3.46. The van der Waals surface area contributed by atoms with Crippen LogP contribution in [0.4, 0.5) is 0 Å². The van der Waals surface area contributed by atoms with E-state index in [1.54, 1.807) is 44.5 Å². The maximum absolute atomic E-state index is 3.16. The zero-order chi connectivity index (χ0) is 29.9. The minimum absolute atomic E-state index is 0.544. The summed E-state index contributed by atoms with van der Waals surface area (Å²) in [6, 6.07) is 10.4. The summed E-state index contributed by atoms with van der Waals surface area (Å²) in [5.41, 5.74) is 22.1. The predicted molar refractivity (Wildman–Crippen MR) is 182 cm³/mol. The molecule has 2 aromatic carbocycles. The zero-order valence-electron chi connectivity index (χ0n) is 28.4. The molecule has 2 atom stereocenters. The van der Waals surface area contributed by atoms with E-state index >= 15 is 0 Å². The van der Waals surface area contributed by atoms with Gasteiger partial charge in [-0.15, -0.1) is 0 Å². The molecule has 0 radical (unpaired) electrons. The minimum atomic E-state index is -3.16. The Morgan fingerprint density at radius 2 is 0.950 bits per heavy atom. The van der Waals surface area contributed by atoms with Gasteiger partial charge in [-0.2, -0.15) is 0 Å². The van der Waals surface area contributed by atoms with Gasteiger partial charge in [0.1, 0.15) is 0 Å². The normalized spacial score (nSPS) is 19.9. The van der Waals surface area contributed by atoms with Crippen LogP contribution < -0.4 is 0 Å². The van der Waals surface area contributed by atoms with Crippen molar-refractivity contribution >= 4 is 19.3 Å². The van der Waals surface area contributed by atoms with E-state index in [0.717, 1.165) is 0 Å². The molecular weight excluding hydrogens is 535 g/mol. The third-order valence-corrected chi connectivity index (χ3v) is 39.1. The van der Waals surface area contributed by atoms with E-state index in [4.69, 9.17) is 0 Å². The Balaban J connectivity index is 2.11. The summed E-state index contributed by atoms with van der Waals surface area (Å²) in [5, 5.41) is 0. The molecule has 0 fully saturated rings. The van der Waals surface area contributed by atoms with E-state index in [2.05, 4.69) is 130 Å². The molecule has 0 nitrogen and oxygen atoms in total. The number of fused-ring (bicyclic) bond motifs is 2. The van der Waals surface area contributed by atoms with Crippen molar-refractivity contribution in [3.8, 4) is 0 Å². The van der Waals surface area contributed by atoms with Gasteiger partial charge in [0, 0.05) is 0 Å². The van der Waals surface area contributed by atoms with Crippen LogP contribution in [0, 0.1) is 0 Å². The van der Waals surface area contributed by atoms with Gasteiger partial charge in [-0.25, -0.2) is 0 Å². The van der Waals surface area contributed by atoms with Crippen LogP contribution in [0.25, 0.3) is 12.2 Å². The van der Waals surface area contributed by atoms with Crippen molar-refractivity contribution in [3.63, 3.8) is 0 Å². The van der Waals surface area contributed by atoms with Crippen molar-refractivity contribution < 1.29 is 12.2 Å². The molecule has 2 aliphatic carbocycles. The fourth-order valence-electron chi connectivity index (χ4n) is 8.04. The molecule has 0 N–H and O–H groups in total. The van der Waals surface area contributed by atoms with Crippen LogP contribution >= 0.6 is 0 Å². The molecule has 0 amide bonds. The molecule has 0 saturated carbocycles. The second-order valence-corrected chi connectivity index (χ2v) is 38.3. The zero-order valence-corrected chi connectivity index (χ0v) is 30.9. The summed E-state index contributed by atoms with van der Waals surface area (Å²) in [5.74, 6) is 2.19. The second kappa shape index (κ2) is 11.1. The van der Waals surface area contributed by atoms with Crippen molar-refractivity contribution in [1.82, 2.24) is 0 Å². The summed E-state index contributed by atoms with van der Waals surface area (Å²) in [6.45, 7) is 29.5. The van der Waals surface area contributed by atoms with Gasteiger partial charge in [-0.05, 0) is 0 Å². The van der Waals surface area contributed by atoms with E-state index in [0.29, 0.717) is 32.9 Å². The van der Waals surface area contributed by atoms with Crippen LogP contribution in [-0.2, 0) is 12.2 Å². The molecule has 0 bridgehead atoms. The fraction of sp³-hybridized carbons (Fsp3) is 0.579. The molecule has 2 unspecified atom stereocenters. The monoisotopic (exact) mass is 594 g/mol. The average molecular weight is 595 g/mol. The maximum atomic E-state index is 2.91. The molecule has 220 valence electrons. The van der Waals surface area contributed by atoms with E-state index < -0.39 is 19.4 Å². The third kappa shape index (κ3) is 4.81. The first kappa shape index (κ1) is 31.7. The SMILES string of the molecule is CCC1=Cc2c(C(C)C)cc(C(C)C)cc2[CH]1[V]([CH3])([CH3])([CH]1C(CC)=Cc2c(C(C)C)cc(C(C)C)cc21)[SiH](C)C. The summed E-state index contributed by atoms with van der Waals surface area (Å²) >= 11 is -3.16. The van der Waals surface area contributed by atoms with Crippen molar-refractivity contribution in [2.45, 2.75) is 139 Å². The van der Waals surface area contributed by atoms with Gasteiger partial charge in [0.25, 0.3) is 0 Å². The first-order valence-electron chi connectivity index (χ1n) is 16.3. The first-order chi connectivity index (χ1) is 18.6. The Morgan fingerprint density at radius 3 is 1.20 bits per heavy atom. The van der Waals surface area contributed by atoms with Gasteiger partial charge < -0.3 is 0 Å². The molecule has 4 rings (SSSR count). The van der Waals surface area contributed by atoms with E-state index in [-0.39, 0.29) is 0 Å². The van der Waals surface area contributed by atoms with Gasteiger partial charge in [-0.1, -0.05) is 0 Å². The van der Waals surface area contributed by atoms with Crippen LogP contribution in [0.1, 0.15) is 160 Å². The Hall–Kier alpha value is -1.28. The molecule has 2 heteroatoms. The van der Waals surface area contributed by atoms with Crippen LogP contribution in [0.3, 0.4) is 0 Å². The molecular formula is C38H59SiV. The van der Waals surface area contributed by atoms with Gasteiger partial charge in [0.05, 0.1) is 0 Å². The van der Waals surface area contributed by atoms with E-state index in [9.17, 15) is 0 Å². The Bertz CT molecular complexity index is 1250. The van der Waals surface area contributed by atoms with Crippen molar-refractivity contribution in [2.75, 3.05) is 0 Å². The number of allylic oxidation sites excluding steroid dienone is 2. The molecule has 2 aromatic rings. The van der Waals surface area contributed by atoms with Gasteiger partial charge in [-0.3, -0.25) is 0 Å². The standard InChI is InChI=1S/2C17H23.C2H7Si.2CH3.V/c2*1-6-13-7-15-9-14(11(2)3)10-16(12(4)5)17(15)8-13;1-3-2;;;/h2*7-12H,6H2,1-5H3;3H,1-2H3;2*1H3;. The van der Waals surface area contributed by atoms with Crippen LogP contribution in [-0.4, -0.2) is 7.17 Å². The van der Waals surface area contributed by atoms with Crippen LogP contribution in [0.5, 0.6) is 0 Å². The summed E-state index contributed by atoms with van der Waals surface area (Å²) in [7, 11) is -1.11. The number of rotatable bonds is 9. The Labute approximate surface area is 249 Å². The summed E-state index contributed by atoms with van der Waals surface area (Å²) in [4.78, 5) is 0. The van der Waals surface area contributed by atoms with Crippen LogP contribution in [0.2, 0.25) is 24.4 Å². The van der Waals surface area contributed by atoms with Gasteiger partial charge >= 0.3 is 251 Å². The third-order valence-electron chi connectivity index (χ3n) is 11.1. The Morgan fingerprint density at radius 1 is 0.600 bits per heavy atom. The summed E-state index contributed by atoms with van der Waals surface area (Å²) < 4.78 is 1.25. The van der Waals surface area contributed by atoms with Crippen LogP contribution in [0.15, 0.2) is 35.4 Å². The van der Waals surface area contributed by atoms with E-state index in [1.807, 2.05) is 0 Å². The molecule has 0 aliphatic heterocycles. The molecule has 40 heavy (non-hydrogen) atoms. The quantitative estimate of drug-likeness (QED) is 0.253. The fourth-order valence-corrected chi connectivity index (χ4v) is 25.7. The molecule has 0 aromatic heterocycles. The molecule has 0 heterocycles. The Kier molecular flexibility index (Phi) is 8.78. The van der Waals surface area contributed by atoms with Gasteiger partial charge in [0.15, 0.2) is 0 Å². The number of benzene rings is 2. The van der Waals surface area contributed by atoms with Crippen molar-refractivity contribution in [3.05, 3.63) is 79.9 Å². The summed E-state index contributed by atoms with van der Waals surface area (Å²) in [6.07, 6.45) is 7.69. The number of hydrogen-bond donors (Lipinski definition) is 0. The second-order valence-electron chi connectivity index (χ2n) is 15.3.